The highest BCUT2D eigenvalue weighted by molar-refractivity contribution is 5.99. The molecule has 0 radical (unpaired) electrons. The fourth-order valence-corrected chi connectivity index (χ4v) is 2.96. The highest BCUT2D eigenvalue weighted by Crippen LogP contribution is 2.55. The lowest BCUT2D eigenvalue weighted by Gasteiger charge is -2.10. The molecule has 1 aliphatic rings. The van der Waals surface area contributed by atoms with Gasteiger partial charge >= 0.3 is 6.03 Å². The van der Waals surface area contributed by atoms with Gasteiger partial charge in [-0.1, -0.05) is 36.4 Å². The highest BCUT2D eigenvalue weighted by atomic mass is 19.3. The van der Waals surface area contributed by atoms with Crippen molar-refractivity contribution in [3.05, 3.63) is 77.7 Å². The van der Waals surface area contributed by atoms with Crippen LogP contribution in [0.1, 0.15) is 23.6 Å². The number of benzene rings is 2. The van der Waals surface area contributed by atoms with E-state index in [9.17, 15) is 18.0 Å². The van der Waals surface area contributed by atoms with Crippen molar-refractivity contribution in [1.29, 1.82) is 0 Å². The van der Waals surface area contributed by atoms with Gasteiger partial charge in [0.05, 0.1) is 18.2 Å². The molecule has 8 heteroatoms. The average Bonchev–Trinajstić information content (AvgIpc) is 3.11. The summed E-state index contributed by atoms with van der Waals surface area (Å²) in [6, 6.07) is 15.6. The molecule has 1 atom stereocenters. The normalized spacial score (nSPS) is 17.2. The van der Waals surface area contributed by atoms with Crippen LogP contribution in [0.15, 0.2) is 60.7 Å². The van der Waals surface area contributed by atoms with E-state index >= 15 is 0 Å². The Balaban J connectivity index is 1.54. The first-order valence-corrected chi connectivity index (χ1v) is 8.74. The molecule has 2 amide bonds. The van der Waals surface area contributed by atoms with E-state index < -0.39 is 23.7 Å². The third-order valence-electron chi connectivity index (χ3n) is 4.48. The van der Waals surface area contributed by atoms with Crippen molar-refractivity contribution in [2.75, 3.05) is 10.6 Å². The van der Waals surface area contributed by atoms with Crippen molar-refractivity contribution in [2.24, 2.45) is 0 Å². The van der Waals surface area contributed by atoms with Crippen LogP contribution in [0.5, 0.6) is 0 Å². The van der Waals surface area contributed by atoms with Crippen LogP contribution in [0.4, 0.5) is 29.5 Å². The molecule has 2 aromatic carbocycles. The van der Waals surface area contributed by atoms with Gasteiger partial charge < -0.3 is 5.32 Å². The van der Waals surface area contributed by atoms with Gasteiger partial charge in [-0.3, -0.25) is 5.32 Å². The number of halogens is 3. The molecule has 1 unspecified atom stereocenters. The quantitative estimate of drug-likeness (QED) is 0.659. The number of alkyl halides is 2. The number of nitrogens with one attached hydrogen (secondary N) is 2. The second-order valence-electron chi connectivity index (χ2n) is 6.70. The maximum absolute atomic E-state index is 13.5. The van der Waals surface area contributed by atoms with Crippen LogP contribution in [-0.4, -0.2) is 21.7 Å². The first-order valence-electron chi connectivity index (χ1n) is 8.74. The first kappa shape index (κ1) is 18.1. The maximum atomic E-state index is 13.5. The summed E-state index contributed by atoms with van der Waals surface area (Å²) >= 11 is 0. The molecule has 1 fully saturated rings. The predicted octanol–water partition coefficient (Wildman–Crippen LogP) is 4.84. The molecule has 0 bridgehead atoms. The number of carbonyl (C=O) groups is 1. The Kier molecular flexibility index (Phi) is 4.54. The molecule has 0 aliphatic heterocycles. The lowest BCUT2D eigenvalue weighted by atomic mass is 10.2. The molecule has 3 aromatic rings. The standard InChI is InChI=1S/C20H17F3N4O/c21-14-7-4-8-15(9-14)24-19(28)25-18-10-17(16-11-20(16,22)23)26-27(18)12-13-5-2-1-3-6-13/h1-10,16H,11-12H2,(H2,24,25,28). The Hall–Kier alpha value is -3.29. The zero-order valence-corrected chi connectivity index (χ0v) is 14.7. The van der Waals surface area contributed by atoms with E-state index in [0.717, 1.165) is 5.56 Å². The molecule has 1 heterocycles. The number of urea groups is 1. The molecule has 144 valence electrons. The summed E-state index contributed by atoms with van der Waals surface area (Å²) in [6.45, 7) is 0.314. The zero-order valence-electron chi connectivity index (χ0n) is 14.7. The molecule has 0 spiro atoms. The van der Waals surface area contributed by atoms with Gasteiger partial charge in [-0.25, -0.2) is 22.6 Å². The van der Waals surface area contributed by atoms with Crippen LogP contribution in [-0.2, 0) is 6.54 Å². The third-order valence-corrected chi connectivity index (χ3v) is 4.48. The van der Waals surface area contributed by atoms with E-state index in [4.69, 9.17) is 0 Å². The summed E-state index contributed by atoms with van der Waals surface area (Å²) in [7, 11) is 0. The molecule has 1 aromatic heterocycles. The fraction of sp³-hybridized carbons (Fsp3) is 0.200. The number of anilines is 2. The monoisotopic (exact) mass is 386 g/mol. The lowest BCUT2D eigenvalue weighted by Crippen LogP contribution is -2.21. The first-order chi connectivity index (χ1) is 13.4. The van der Waals surface area contributed by atoms with Crippen molar-refractivity contribution >= 4 is 17.5 Å². The number of rotatable bonds is 5. The van der Waals surface area contributed by atoms with Crippen LogP contribution in [0.3, 0.4) is 0 Å². The van der Waals surface area contributed by atoms with Gasteiger partial charge in [0.1, 0.15) is 11.6 Å². The van der Waals surface area contributed by atoms with Gasteiger partial charge in [0.25, 0.3) is 5.92 Å². The third kappa shape index (κ3) is 4.00. The summed E-state index contributed by atoms with van der Waals surface area (Å²) in [5.74, 6) is -3.88. The SMILES string of the molecule is O=C(Nc1cccc(F)c1)Nc1cc(C2CC2(F)F)nn1Cc1ccccc1. The number of hydrogen-bond acceptors (Lipinski definition) is 2. The van der Waals surface area contributed by atoms with Crippen molar-refractivity contribution in [3.8, 4) is 0 Å². The van der Waals surface area contributed by atoms with Crippen molar-refractivity contribution in [3.63, 3.8) is 0 Å². The van der Waals surface area contributed by atoms with Crippen LogP contribution in [0.2, 0.25) is 0 Å². The minimum Gasteiger partial charge on any atom is -0.308 e. The number of hydrogen-bond donors (Lipinski definition) is 2. The van der Waals surface area contributed by atoms with Crippen molar-refractivity contribution in [1.82, 2.24) is 9.78 Å². The summed E-state index contributed by atoms with van der Waals surface area (Å²) in [5, 5.41) is 9.40. The second-order valence-corrected chi connectivity index (χ2v) is 6.70. The number of amides is 2. The lowest BCUT2D eigenvalue weighted by molar-refractivity contribution is 0.111. The Morgan fingerprint density at radius 1 is 1.11 bits per heavy atom. The largest absolute Gasteiger partial charge is 0.324 e. The Morgan fingerprint density at radius 3 is 2.54 bits per heavy atom. The van der Waals surface area contributed by atoms with E-state index in [1.807, 2.05) is 30.3 Å². The van der Waals surface area contributed by atoms with E-state index in [1.54, 1.807) is 6.07 Å². The molecular weight excluding hydrogens is 369 g/mol. The van der Waals surface area contributed by atoms with Crippen LogP contribution in [0, 0.1) is 5.82 Å². The highest BCUT2D eigenvalue weighted by Gasteiger charge is 2.59. The predicted molar refractivity (Wildman–Crippen MR) is 99.1 cm³/mol. The van der Waals surface area contributed by atoms with Gasteiger partial charge in [0.15, 0.2) is 0 Å². The summed E-state index contributed by atoms with van der Waals surface area (Å²) in [6.07, 6.45) is -0.246. The molecular formula is C20H17F3N4O. The smallest absolute Gasteiger partial charge is 0.308 e. The van der Waals surface area contributed by atoms with Crippen molar-refractivity contribution < 1.29 is 18.0 Å². The minimum atomic E-state index is -2.76. The van der Waals surface area contributed by atoms with Gasteiger partial charge in [-0.15, -0.1) is 0 Å². The maximum Gasteiger partial charge on any atom is 0.324 e. The minimum absolute atomic E-state index is 0.238. The fourth-order valence-electron chi connectivity index (χ4n) is 2.96. The molecule has 0 saturated heterocycles. The number of carbonyl (C=O) groups excluding carboxylic acids is 1. The van der Waals surface area contributed by atoms with Crippen LogP contribution >= 0.6 is 0 Å². The van der Waals surface area contributed by atoms with E-state index in [-0.39, 0.29) is 23.6 Å². The second kappa shape index (κ2) is 7.03. The number of aromatic nitrogens is 2. The zero-order chi connectivity index (χ0) is 19.7. The topological polar surface area (TPSA) is 59.0 Å². The van der Waals surface area contributed by atoms with Crippen LogP contribution in [0.25, 0.3) is 0 Å². The average molecular weight is 386 g/mol. The van der Waals surface area contributed by atoms with Crippen LogP contribution < -0.4 is 10.6 Å². The summed E-state index contributed by atoms with van der Waals surface area (Å²) < 4.78 is 41.6. The Bertz CT molecular complexity index is 1000. The van der Waals surface area contributed by atoms with Gasteiger partial charge in [0, 0.05) is 18.2 Å². The van der Waals surface area contributed by atoms with Gasteiger partial charge in [-0.05, 0) is 23.8 Å². The Labute approximate surface area is 159 Å². The van der Waals surface area contributed by atoms with E-state index in [2.05, 4.69) is 15.7 Å². The van der Waals surface area contributed by atoms with Gasteiger partial charge in [-0.2, -0.15) is 5.10 Å². The van der Waals surface area contributed by atoms with E-state index in [1.165, 1.54) is 28.9 Å². The Morgan fingerprint density at radius 2 is 1.86 bits per heavy atom. The molecule has 1 aliphatic carbocycles. The molecule has 4 rings (SSSR count). The molecule has 28 heavy (non-hydrogen) atoms. The number of nitrogens with zero attached hydrogens (tertiary/aromatic N) is 2. The van der Waals surface area contributed by atoms with Crippen molar-refractivity contribution in [2.45, 2.75) is 24.8 Å². The molecule has 5 nitrogen and oxygen atoms in total. The molecule has 2 N–H and O–H groups in total. The van der Waals surface area contributed by atoms with E-state index in [0.29, 0.717) is 6.54 Å². The summed E-state index contributed by atoms with van der Waals surface area (Å²) in [4.78, 5) is 12.3. The summed E-state index contributed by atoms with van der Waals surface area (Å²) in [5.41, 5.74) is 1.43. The molecule has 1 saturated carbocycles. The van der Waals surface area contributed by atoms with Gasteiger partial charge in [0.2, 0.25) is 0 Å².